The van der Waals surface area contributed by atoms with Crippen molar-refractivity contribution in [3.63, 3.8) is 0 Å². The summed E-state index contributed by atoms with van der Waals surface area (Å²) in [7, 11) is 0. The number of nitro groups is 1. The number of benzene rings is 1. The van der Waals surface area contributed by atoms with Crippen molar-refractivity contribution in [2.75, 3.05) is 0 Å². The van der Waals surface area contributed by atoms with Crippen LogP contribution in [0.3, 0.4) is 0 Å². The summed E-state index contributed by atoms with van der Waals surface area (Å²) < 4.78 is 0. The highest BCUT2D eigenvalue weighted by Gasteiger charge is 2.21. The van der Waals surface area contributed by atoms with E-state index in [9.17, 15) is 14.9 Å². The van der Waals surface area contributed by atoms with Crippen molar-refractivity contribution in [2.24, 2.45) is 0 Å². The van der Waals surface area contributed by atoms with Gasteiger partial charge in [-0.25, -0.2) is 5.48 Å². The Balaban J connectivity index is 2.11. The standard InChI is InChI=1S/C12H12Cl2N2O4/c13-9-5-7(6-10(11(9)14)16(18)19)12(17)15-20-8-3-1-2-4-8/h5-6,8H,1-4H2,(H,15,17). The number of halogens is 2. The number of rotatable bonds is 4. The van der Waals surface area contributed by atoms with E-state index < -0.39 is 16.5 Å². The molecule has 0 heterocycles. The minimum absolute atomic E-state index is 0.00305. The van der Waals surface area contributed by atoms with Crippen LogP contribution in [-0.2, 0) is 4.84 Å². The molecule has 1 aromatic carbocycles. The average molecular weight is 319 g/mol. The van der Waals surface area contributed by atoms with Crippen molar-refractivity contribution in [3.8, 4) is 0 Å². The second-order valence-electron chi connectivity index (χ2n) is 4.50. The van der Waals surface area contributed by atoms with Gasteiger partial charge < -0.3 is 0 Å². The first-order chi connectivity index (χ1) is 9.49. The molecule has 1 aliphatic rings. The molecule has 1 amide bonds. The number of nitrogens with zero attached hydrogens (tertiary/aromatic N) is 1. The molecule has 0 saturated heterocycles. The van der Waals surface area contributed by atoms with Gasteiger partial charge in [-0.2, -0.15) is 0 Å². The molecule has 1 aliphatic carbocycles. The molecule has 8 heteroatoms. The topological polar surface area (TPSA) is 81.5 Å². The van der Waals surface area contributed by atoms with Gasteiger partial charge in [-0.3, -0.25) is 19.7 Å². The number of hydroxylamine groups is 1. The predicted molar refractivity (Wildman–Crippen MR) is 73.9 cm³/mol. The molecular weight excluding hydrogens is 307 g/mol. The zero-order valence-electron chi connectivity index (χ0n) is 10.4. The molecule has 0 spiro atoms. The van der Waals surface area contributed by atoms with Gasteiger partial charge in [0.25, 0.3) is 11.6 Å². The van der Waals surface area contributed by atoms with Crippen LogP contribution in [-0.4, -0.2) is 16.9 Å². The van der Waals surface area contributed by atoms with Gasteiger partial charge in [-0.1, -0.05) is 36.0 Å². The Kier molecular flexibility index (Phi) is 4.80. The van der Waals surface area contributed by atoms with E-state index in [-0.39, 0.29) is 21.7 Å². The summed E-state index contributed by atoms with van der Waals surface area (Å²) >= 11 is 11.5. The molecule has 1 saturated carbocycles. The molecule has 0 unspecified atom stereocenters. The lowest BCUT2D eigenvalue weighted by atomic mass is 10.2. The molecule has 6 nitrogen and oxygen atoms in total. The minimum atomic E-state index is -0.692. The Labute approximate surface area is 125 Å². The van der Waals surface area contributed by atoms with Crippen LogP contribution in [0.2, 0.25) is 10.0 Å². The van der Waals surface area contributed by atoms with Gasteiger partial charge in [0.05, 0.1) is 16.0 Å². The maximum Gasteiger partial charge on any atom is 0.290 e. The first kappa shape index (κ1) is 15.0. The van der Waals surface area contributed by atoms with Crippen molar-refractivity contribution >= 4 is 34.8 Å². The fourth-order valence-corrected chi connectivity index (χ4v) is 2.43. The van der Waals surface area contributed by atoms with E-state index in [4.69, 9.17) is 28.0 Å². The molecule has 0 aliphatic heterocycles. The van der Waals surface area contributed by atoms with Crippen LogP contribution in [0.4, 0.5) is 5.69 Å². The molecule has 0 radical (unpaired) electrons. The van der Waals surface area contributed by atoms with Gasteiger partial charge in [0.2, 0.25) is 0 Å². The molecule has 2 rings (SSSR count). The van der Waals surface area contributed by atoms with Crippen molar-refractivity contribution in [1.82, 2.24) is 5.48 Å². The normalized spacial score (nSPS) is 15.3. The Morgan fingerprint density at radius 2 is 2.00 bits per heavy atom. The van der Waals surface area contributed by atoms with Gasteiger partial charge in [0, 0.05) is 11.6 Å². The summed E-state index contributed by atoms with van der Waals surface area (Å²) in [5.41, 5.74) is 1.91. The summed E-state index contributed by atoms with van der Waals surface area (Å²) in [4.78, 5) is 27.2. The van der Waals surface area contributed by atoms with E-state index >= 15 is 0 Å². The van der Waals surface area contributed by atoms with E-state index in [0.29, 0.717) is 0 Å². The molecule has 1 fully saturated rings. The van der Waals surface area contributed by atoms with Crippen molar-refractivity contribution in [2.45, 2.75) is 31.8 Å². The third kappa shape index (κ3) is 3.39. The van der Waals surface area contributed by atoms with Gasteiger partial charge >= 0.3 is 0 Å². The Morgan fingerprint density at radius 3 is 2.60 bits per heavy atom. The van der Waals surface area contributed by atoms with Crippen molar-refractivity contribution in [1.29, 1.82) is 0 Å². The maximum absolute atomic E-state index is 11.9. The van der Waals surface area contributed by atoms with Crippen LogP contribution in [0.1, 0.15) is 36.0 Å². The van der Waals surface area contributed by atoms with E-state index in [2.05, 4.69) is 5.48 Å². The second kappa shape index (κ2) is 6.39. The summed E-state index contributed by atoms with van der Waals surface area (Å²) in [5, 5.41) is 10.6. The SMILES string of the molecule is O=C(NOC1CCCC1)c1cc(Cl)c(Cl)c([N+](=O)[O-])c1. The quantitative estimate of drug-likeness (QED) is 0.680. The molecular formula is C12H12Cl2N2O4. The Hall–Kier alpha value is -1.37. The lowest BCUT2D eigenvalue weighted by Crippen LogP contribution is -2.28. The number of carbonyl (C=O) groups is 1. The van der Waals surface area contributed by atoms with Crippen LogP contribution in [0.5, 0.6) is 0 Å². The lowest BCUT2D eigenvalue weighted by molar-refractivity contribution is -0.384. The summed E-state index contributed by atoms with van der Waals surface area (Å²) in [6, 6.07) is 2.34. The fraction of sp³-hybridized carbons (Fsp3) is 0.417. The number of hydrogen-bond acceptors (Lipinski definition) is 4. The second-order valence-corrected chi connectivity index (χ2v) is 5.29. The highest BCUT2D eigenvalue weighted by atomic mass is 35.5. The van der Waals surface area contributed by atoms with Crippen LogP contribution < -0.4 is 5.48 Å². The number of amides is 1. The number of nitro benzene ring substituents is 1. The first-order valence-electron chi connectivity index (χ1n) is 6.08. The molecule has 20 heavy (non-hydrogen) atoms. The Morgan fingerprint density at radius 1 is 1.35 bits per heavy atom. The smallest absolute Gasteiger partial charge is 0.270 e. The first-order valence-corrected chi connectivity index (χ1v) is 6.84. The summed E-state index contributed by atoms with van der Waals surface area (Å²) in [6.07, 6.45) is 3.91. The predicted octanol–water partition coefficient (Wildman–Crippen LogP) is 3.51. The molecule has 0 atom stereocenters. The van der Waals surface area contributed by atoms with Crippen LogP contribution in [0.25, 0.3) is 0 Å². The molecule has 1 aromatic rings. The maximum atomic E-state index is 11.9. The molecule has 0 bridgehead atoms. The van der Waals surface area contributed by atoms with E-state index in [1.165, 1.54) is 6.07 Å². The van der Waals surface area contributed by atoms with Crippen LogP contribution in [0, 0.1) is 10.1 Å². The number of nitrogens with one attached hydrogen (secondary N) is 1. The van der Waals surface area contributed by atoms with E-state index in [1.54, 1.807) is 0 Å². The highest BCUT2D eigenvalue weighted by molar-refractivity contribution is 6.43. The third-order valence-corrected chi connectivity index (χ3v) is 3.88. The minimum Gasteiger partial charge on any atom is -0.270 e. The average Bonchev–Trinajstić information content (AvgIpc) is 2.91. The van der Waals surface area contributed by atoms with E-state index in [0.717, 1.165) is 31.7 Å². The van der Waals surface area contributed by atoms with Crippen molar-refractivity contribution in [3.05, 3.63) is 37.9 Å². The summed E-state index contributed by atoms with van der Waals surface area (Å²) in [5.74, 6) is -0.585. The monoisotopic (exact) mass is 318 g/mol. The zero-order chi connectivity index (χ0) is 14.7. The van der Waals surface area contributed by atoms with Crippen LogP contribution >= 0.6 is 23.2 Å². The third-order valence-electron chi connectivity index (χ3n) is 3.09. The van der Waals surface area contributed by atoms with Crippen molar-refractivity contribution < 1.29 is 14.6 Å². The summed E-state index contributed by atoms with van der Waals surface area (Å²) in [6.45, 7) is 0. The van der Waals surface area contributed by atoms with Gasteiger partial charge in [-0.05, 0) is 18.9 Å². The zero-order valence-corrected chi connectivity index (χ0v) is 11.9. The lowest BCUT2D eigenvalue weighted by Gasteiger charge is -2.11. The molecule has 1 N–H and O–H groups in total. The van der Waals surface area contributed by atoms with Gasteiger partial charge in [-0.15, -0.1) is 0 Å². The number of hydrogen-bond donors (Lipinski definition) is 1. The van der Waals surface area contributed by atoms with Crippen LogP contribution in [0.15, 0.2) is 12.1 Å². The fourth-order valence-electron chi connectivity index (χ4n) is 2.04. The molecule has 0 aromatic heterocycles. The number of carbonyl (C=O) groups excluding carboxylic acids is 1. The highest BCUT2D eigenvalue weighted by Crippen LogP contribution is 2.33. The largest absolute Gasteiger partial charge is 0.290 e. The molecule has 108 valence electrons. The van der Waals surface area contributed by atoms with Gasteiger partial charge in [0.15, 0.2) is 0 Å². The Bertz CT molecular complexity index is 545. The van der Waals surface area contributed by atoms with E-state index in [1.807, 2.05) is 0 Å². The van der Waals surface area contributed by atoms with Gasteiger partial charge in [0.1, 0.15) is 5.02 Å².